The fraction of sp³-hybridized carbons (Fsp3) is 0.385. The van der Waals surface area contributed by atoms with E-state index in [2.05, 4.69) is 11.9 Å². The minimum atomic E-state index is -0.630. The van der Waals surface area contributed by atoms with Crippen molar-refractivity contribution in [2.24, 2.45) is 5.92 Å². The number of hydrogen-bond acceptors (Lipinski definition) is 5. The molecule has 0 saturated heterocycles. The molecule has 2 aromatic carbocycles. The summed E-state index contributed by atoms with van der Waals surface area (Å²) in [6, 6.07) is 18.5. The number of rotatable bonds is 15. The third kappa shape index (κ3) is 9.57. The molecule has 7 heteroatoms. The molecular weight excluding hydrogens is 420 g/mol. The van der Waals surface area contributed by atoms with E-state index in [4.69, 9.17) is 4.74 Å². The molecule has 0 fully saturated rings. The first kappa shape index (κ1) is 26.3. The van der Waals surface area contributed by atoms with E-state index in [0.717, 1.165) is 11.1 Å². The number of carbonyl (C=O) groups is 2. The molecule has 0 aliphatic heterocycles. The number of aliphatic hydroxyl groups excluding tert-OH is 2. The van der Waals surface area contributed by atoms with Crippen molar-refractivity contribution in [3.63, 3.8) is 0 Å². The zero-order chi connectivity index (χ0) is 23.9. The predicted octanol–water partition coefficient (Wildman–Crippen LogP) is 2.28. The number of ether oxygens (including phenoxy) is 1. The van der Waals surface area contributed by atoms with Crippen LogP contribution in [-0.2, 0) is 27.5 Å². The van der Waals surface area contributed by atoms with Gasteiger partial charge in [0.05, 0.1) is 38.4 Å². The van der Waals surface area contributed by atoms with Crippen molar-refractivity contribution in [2.45, 2.75) is 32.0 Å². The fourth-order valence-corrected chi connectivity index (χ4v) is 3.39. The summed E-state index contributed by atoms with van der Waals surface area (Å²) in [5, 5.41) is 21.8. The summed E-state index contributed by atoms with van der Waals surface area (Å²) in [7, 11) is 0. The lowest BCUT2D eigenvalue weighted by Gasteiger charge is -2.25. The van der Waals surface area contributed by atoms with Gasteiger partial charge in [-0.15, -0.1) is 6.58 Å². The van der Waals surface area contributed by atoms with Gasteiger partial charge in [0.1, 0.15) is 0 Å². The lowest BCUT2D eigenvalue weighted by Crippen LogP contribution is -2.45. The van der Waals surface area contributed by atoms with Gasteiger partial charge in [-0.3, -0.25) is 9.59 Å². The van der Waals surface area contributed by atoms with Crippen LogP contribution in [0.25, 0.3) is 0 Å². The van der Waals surface area contributed by atoms with Gasteiger partial charge in [0.2, 0.25) is 11.8 Å². The van der Waals surface area contributed by atoms with Crippen LogP contribution < -0.4 is 5.32 Å². The van der Waals surface area contributed by atoms with Crippen molar-refractivity contribution in [3.05, 3.63) is 84.4 Å². The second kappa shape index (κ2) is 14.9. The largest absolute Gasteiger partial charge is 0.395 e. The number of nitrogens with one attached hydrogen (secondary N) is 1. The van der Waals surface area contributed by atoms with Crippen LogP contribution in [-0.4, -0.2) is 59.3 Å². The van der Waals surface area contributed by atoms with Gasteiger partial charge in [0.25, 0.3) is 0 Å². The van der Waals surface area contributed by atoms with E-state index in [1.807, 2.05) is 60.7 Å². The second-order valence-corrected chi connectivity index (χ2v) is 7.84. The van der Waals surface area contributed by atoms with E-state index < -0.39 is 12.0 Å². The average molecular weight is 455 g/mol. The first-order valence-corrected chi connectivity index (χ1v) is 11.1. The summed E-state index contributed by atoms with van der Waals surface area (Å²) in [6.45, 7) is 4.32. The number of hydrogen-bond donors (Lipinski definition) is 3. The standard InChI is InChI=1S/C26H34N2O5/c1-2-9-23(16-25(31)28(14-15-29)17-21-10-5-3-6-11-21)26(32)27-24(18-30)20-33-19-22-12-7-4-8-13-22/h2-8,10-13,23-24,29-30H,1,9,14-20H2,(H,27,32). The molecule has 0 heterocycles. The summed E-state index contributed by atoms with van der Waals surface area (Å²) in [5.41, 5.74) is 1.94. The highest BCUT2D eigenvalue weighted by Gasteiger charge is 2.25. The highest BCUT2D eigenvalue weighted by atomic mass is 16.5. The van der Waals surface area contributed by atoms with Crippen LogP contribution in [0.2, 0.25) is 0 Å². The monoisotopic (exact) mass is 454 g/mol. The minimum absolute atomic E-state index is 0.0201. The van der Waals surface area contributed by atoms with E-state index in [-0.39, 0.29) is 44.6 Å². The number of benzene rings is 2. The lowest BCUT2D eigenvalue weighted by atomic mass is 9.98. The van der Waals surface area contributed by atoms with Crippen molar-refractivity contribution >= 4 is 11.8 Å². The molecule has 0 saturated carbocycles. The van der Waals surface area contributed by atoms with Crippen molar-refractivity contribution in [1.29, 1.82) is 0 Å². The zero-order valence-electron chi connectivity index (χ0n) is 18.9. The number of nitrogens with zero attached hydrogens (tertiary/aromatic N) is 1. The molecule has 2 atom stereocenters. The first-order chi connectivity index (χ1) is 16.1. The second-order valence-electron chi connectivity index (χ2n) is 7.84. The van der Waals surface area contributed by atoms with Crippen molar-refractivity contribution < 1.29 is 24.5 Å². The van der Waals surface area contributed by atoms with Gasteiger partial charge >= 0.3 is 0 Å². The average Bonchev–Trinajstić information content (AvgIpc) is 2.84. The lowest BCUT2D eigenvalue weighted by molar-refractivity contribution is -0.137. The highest BCUT2D eigenvalue weighted by molar-refractivity contribution is 5.86. The summed E-state index contributed by atoms with van der Waals surface area (Å²) >= 11 is 0. The number of amides is 2. The van der Waals surface area contributed by atoms with Gasteiger partial charge < -0.3 is 25.2 Å². The van der Waals surface area contributed by atoms with Crippen molar-refractivity contribution in [1.82, 2.24) is 10.2 Å². The molecule has 7 nitrogen and oxygen atoms in total. The Morgan fingerprint density at radius 3 is 2.24 bits per heavy atom. The summed E-state index contributed by atoms with van der Waals surface area (Å²) in [4.78, 5) is 27.3. The van der Waals surface area contributed by atoms with Crippen LogP contribution in [0.4, 0.5) is 0 Å². The first-order valence-electron chi connectivity index (χ1n) is 11.1. The Bertz CT molecular complexity index is 844. The van der Waals surface area contributed by atoms with E-state index in [0.29, 0.717) is 19.6 Å². The Labute approximate surface area is 195 Å². The van der Waals surface area contributed by atoms with Crippen LogP contribution in [0, 0.1) is 5.92 Å². The Hall–Kier alpha value is -3.00. The van der Waals surface area contributed by atoms with Gasteiger partial charge in [-0.2, -0.15) is 0 Å². The molecule has 0 aliphatic rings. The normalized spacial score (nSPS) is 12.5. The molecule has 2 unspecified atom stereocenters. The van der Waals surface area contributed by atoms with Crippen molar-refractivity contribution in [2.75, 3.05) is 26.4 Å². The third-order valence-corrected chi connectivity index (χ3v) is 5.18. The molecule has 33 heavy (non-hydrogen) atoms. The molecule has 0 bridgehead atoms. The Morgan fingerprint density at radius 2 is 1.67 bits per heavy atom. The molecule has 3 N–H and O–H groups in total. The number of allylic oxidation sites excluding steroid dienone is 1. The predicted molar refractivity (Wildman–Crippen MR) is 127 cm³/mol. The Morgan fingerprint density at radius 1 is 1.03 bits per heavy atom. The molecule has 0 aliphatic carbocycles. The van der Waals surface area contributed by atoms with Crippen LogP contribution in [0.15, 0.2) is 73.3 Å². The van der Waals surface area contributed by atoms with Gasteiger partial charge in [-0.1, -0.05) is 66.7 Å². The summed E-state index contributed by atoms with van der Waals surface area (Å²) < 4.78 is 5.63. The smallest absolute Gasteiger partial charge is 0.224 e. The van der Waals surface area contributed by atoms with Gasteiger partial charge in [0, 0.05) is 19.5 Å². The maximum absolute atomic E-state index is 12.9. The molecule has 0 radical (unpaired) electrons. The van der Waals surface area contributed by atoms with Gasteiger partial charge in [0.15, 0.2) is 0 Å². The van der Waals surface area contributed by atoms with Gasteiger partial charge in [-0.25, -0.2) is 0 Å². The molecular formula is C26H34N2O5. The van der Waals surface area contributed by atoms with E-state index in [1.54, 1.807) is 11.0 Å². The van der Waals surface area contributed by atoms with Crippen molar-refractivity contribution in [3.8, 4) is 0 Å². The maximum atomic E-state index is 12.9. The van der Waals surface area contributed by atoms with E-state index in [9.17, 15) is 19.8 Å². The molecule has 2 aromatic rings. The topological polar surface area (TPSA) is 99.1 Å². The summed E-state index contributed by atoms with van der Waals surface area (Å²) in [6.07, 6.45) is 1.90. The Balaban J connectivity index is 1.92. The van der Waals surface area contributed by atoms with Crippen LogP contribution >= 0.6 is 0 Å². The number of aliphatic hydroxyl groups is 2. The fourth-order valence-electron chi connectivity index (χ4n) is 3.39. The maximum Gasteiger partial charge on any atom is 0.224 e. The molecule has 2 rings (SSSR count). The molecule has 0 aromatic heterocycles. The van der Waals surface area contributed by atoms with Crippen LogP contribution in [0.5, 0.6) is 0 Å². The van der Waals surface area contributed by atoms with Crippen LogP contribution in [0.1, 0.15) is 24.0 Å². The zero-order valence-corrected chi connectivity index (χ0v) is 18.9. The van der Waals surface area contributed by atoms with Gasteiger partial charge in [-0.05, 0) is 17.5 Å². The quantitative estimate of drug-likeness (QED) is 0.359. The SMILES string of the molecule is C=CCC(CC(=O)N(CCO)Cc1ccccc1)C(=O)NC(CO)COCc1ccccc1. The highest BCUT2D eigenvalue weighted by Crippen LogP contribution is 2.15. The van der Waals surface area contributed by atoms with Crippen LogP contribution in [0.3, 0.4) is 0 Å². The molecule has 2 amide bonds. The third-order valence-electron chi connectivity index (χ3n) is 5.18. The summed E-state index contributed by atoms with van der Waals surface area (Å²) in [5.74, 6) is -1.19. The Kier molecular flexibility index (Phi) is 11.9. The number of carbonyl (C=O) groups excluding carboxylic acids is 2. The molecule has 178 valence electrons. The molecule has 0 spiro atoms. The minimum Gasteiger partial charge on any atom is -0.395 e. The van der Waals surface area contributed by atoms with E-state index >= 15 is 0 Å². The van der Waals surface area contributed by atoms with E-state index in [1.165, 1.54) is 0 Å².